The number of hydrogen-bond donors (Lipinski definition) is 2. The molecule has 1 heterocycles. The van der Waals surface area contributed by atoms with Crippen LogP contribution in [-0.2, 0) is 11.3 Å². The lowest BCUT2D eigenvalue weighted by Crippen LogP contribution is -2.34. The SMILES string of the molecule is O=C(CNCc1ccncn1)NC1CC1. The quantitative estimate of drug-likeness (QED) is 0.703. The molecule has 1 aromatic heterocycles. The number of carbonyl (C=O) groups excluding carboxylic acids is 1. The Kier molecular flexibility index (Phi) is 3.24. The van der Waals surface area contributed by atoms with Gasteiger partial charge in [-0.05, 0) is 18.9 Å². The Balaban J connectivity index is 1.63. The third kappa shape index (κ3) is 3.63. The minimum atomic E-state index is 0.0616. The summed E-state index contributed by atoms with van der Waals surface area (Å²) >= 11 is 0. The van der Waals surface area contributed by atoms with Crippen LogP contribution in [0.5, 0.6) is 0 Å². The molecule has 0 radical (unpaired) electrons. The highest BCUT2D eigenvalue weighted by molar-refractivity contribution is 5.78. The van der Waals surface area contributed by atoms with Gasteiger partial charge in [0, 0.05) is 18.8 Å². The van der Waals surface area contributed by atoms with Crippen molar-refractivity contribution in [2.45, 2.75) is 25.4 Å². The van der Waals surface area contributed by atoms with Gasteiger partial charge in [0.15, 0.2) is 0 Å². The van der Waals surface area contributed by atoms with E-state index in [1.165, 1.54) is 6.33 Å². The highest BCUT2D eigenvalue weighted by Gasteiger charge is 2.22. The first-order chi connectivity index (χ1) is 7.34. The zero-order valence-electron chi connectivity index (χ0n) is 8.44. The molecule has 2 N–H and O–H groups in total. The van der Waals surface area contributed by atoms with Gasteiger partial charge in [-0.1, -0.05) is 0 Å². The maximum atomic E-state index is 11.3. The Morgan fingerprint density at radius 2 is 2.40 bits per heavy atom. The van der Waals surface area contributed by atoms with Crippen molar-refractivity contribution in [2.24, 2.45) is 0 Å². The monoisotopic (exact) mass is 206 g/mol. The van der Waals surface area contributed by atoms with Gasteiger partial charge in [-0.15, -0.1) is 0 Å². The van der Waals surface area contributed by atoms with Gasteiger partial charge in [0.25, 0.3) is 0 Å². The van der Waals surface area contributed by atoms with Crippen molar-refractivity contribution in [2.75, 3.05) is 6.54 Å². The molecule has 5 heteroatoms. The first kappa shape index (κ1) is 10.0. The molecule has 2 rings (SSSR count). The van der Waals surface area contributed by atoms with Crippen molar-refractivity contribution in [1.29, 1.82) is 0 Å². The maximum Gasteiger partial charge on any atom is 0.234 e. The van der Waals surface area contributed by atoms with Crippen molar-refractivity contribution in [3.05, 3.63) is 24.3 Å². The molecule has 1 saturated carbocycles. The van der Waals surface area contributed by atoms with Crippen LogP contribution in [0.4, 0.5) is 0 Å². The minimum Gasteiger partial charge on any atom is -0.352 e. The molecule has 1 fully saturated rings. The van der Waals surface area contributed by atoms with E-state index in [2.05, 4.69) is 20.6 Å². The molecular weight excluding hydrogens is 192 g/mol. The summed E-state index contributed by atoms with van der Waals surface area (Å²) in [4.78, 5) is 19.1. The molecule has 0 saturated heterocycles. The number of rotatable bonds is 5. The van der Waals surface area contributed by atoms with Crippen LogP contribution in [0.2, 0.25) is 0 Å². The van der Waals surface area contributed by atoms with Crippen LogP contribution in [0.1, 0.15) is 18.5 Å². The summed E-state index contributed by atoms with van der Waals surface area (Å²) in [6, 6.07) is 2.25. The molecular formula is C10H14N4O. The van der Waals surface area contributed by atoms with Gasteiger partial charge in [-0.25, -0.2) is 9.97 Å². The van der Waals surface area contributed by atoms with E-state index in [4.69, 9.17) is 0 Å². The summed E-state index contributed by atoms with van der Waals surface area (Å²) in [6.07, 6.45) is 5.44. The molecule has 0 bridgehead atoms. The van der Waals surface area contributed by atoms with Gasteiger partial charge >= 0.3 is 0 Å². The molecule has 1 aliphatic carbocycles. The highest BCUT2D eigenvalue weighted by Crippen LogP contribution is 2.18. The predicted molar refractivity (Wildman–Crippen MR) is 54.9 cm³/mol. The molecule has 1 aliphatic rings. The normalized spacial score (nSPS) is 14.9. The lowest BCUT2D eigenvalue weighted by Gasteiger charge is -2.04. The lowest BCUT2D eigenvalue weighted by molar-refractivity contribution is -0.120. The van der Waals surface area contributed by atoms with Crippen LogP contribution in [0.25, 0.3) is 0 Å². The molecule has 1 amide bonds. The second-order valence-corrected chi connectivity index (χ2v) is 3.65. The van der Waals surface area contributed by atoms with Gasteiger partial charge < -0.3 is 10.6 Å². The zero-order chi connectivity index (χ0) is 10.5. The van der Waals surface area contributed by atoms with E-state index in [0.717, 1.165) is 18.5 Å². The number of hydrogen-bond acceptors (Lipinski definition) is 4. The van der Waals surface area contributed by atoms with Gasteiger partial charge in [0.1, 0.15) is 6.33 Å². The first-order valence-electron chi connectivity index (χ1n) is 5.09. The molecule has 0 aromatic carbocycles. The summed E-state index contributed by atoms with van der Waals surface area (Å²) in [5.41, 5.74) is 0.893. The van der Waals surface area contributed by atoms with E-state index in [0.29, 0.717) is 19.1 Å². The van der Waals surface area contributed by atoms with Crippen molar-refractivity contribution in [1.82, 2.24) is 20.6 Å². The Morgan fingerprint density at radius 1 is 1.53 bits per heavy atom. The first-order valence-corrected chi connectivity index (χ1v) is 5.09. The van der Waals surface area contributed by atoms with Crippen LogP contribution in [-0.4, -0.2) is 28.5 Å². The van der Waals surface area contributed by atoms with Crippen molar-refractivity contribution in [3.63, 3.8) is 0 Å². The summed E-state index contributed by atoms with van der Waals surface area (Å²) in [6.45, 7) is 0.946. The van der Waals surface area contributed by atoms with Crippen LogP contribution in [0.3, 0.4) is 0 Å². The van der Waals surface area contributed by atoms with Gasteiger partial charge in [-0.3, -0.25) is 4.79 Å². The predicted octanol–water partition coefficient (Wildman–Crippen LogP) is -0.155. The van der Waals surface area contributed by atoms with Crippen molar-refractivity contribution < 1.29 is 4.79 Å². The number of amides is 1. The van der Waals surface area contributed by atoms with Crippen LogP contribution < -0.4 is 10.6 Å². The summed E-state index contributed by atoms with van der Waals surface area (Å²) in [5, 5.41) is 5.94. The molecule has 1 aromatic rings. The summed E-state index contributed by atoms with van der Waals surface area (Å²) in [7, 11) is 0. The van der Waals surface area contributed by atoms with E-state index in [-0.39, 0.29) is 5.91 Å². The fourth-order valence-corrected chi connectivity index (χ4v) is 1.23. The zero-order valence-corrected chi connectivity index (χ0v) is 8.44. The third-order valence-electron chi connectivity index (χ3n) is 2.18. The Hall–Kier alpha value is -1.49. The molecule has 5 nitrogen and oxygen atoms in total. The molecule has 0 aliphatic heterocycles. The topological polar surface area (TPSA) is 66.9 Å². The molecule has 0 unspecified atom stereocenters. The van der Waals surface area contributed by atoms with E-state index < -0.39 is 0 Å². The molecule has 0 atom stereocenters. The molecule has 0 spiro atoms. The number of aromatic nitrogens is 2. The van der Waals surface area contributed by atoms with Crippen LogP contribution in [0, 0.1) is 0 Å². The largest absolute Gasteiger partial charge is 0.352 e. The van der Waals surface area contributed by atoms with E-state index in [9.17, 15) is 4.79 Å². The van der Waals surface area contributed by atoms with E-state index in [1.807, 2.05) is 6.07 Å². The average Bonchev–Trinajstić information content (AvgIpc) is 3.03. The van der Waals surface area contributed by atoms with Crippen LogP contribution in [0.15, 0.2) is 18.6 Å². The number of nitrogens with zero attached hydrogens (tertiary/aromatic N) is 2. The molecule has 15 heavy (non-hydrogen) atoms. The number of nitrogens with one attached hydrogen (secondary N) is 2. The van der Waals surface area contributed by atoms with Crippen LogP contribution >= 0.6 is 0 Å². The minimum absolute atomic E-state index is 0.0616. The Morgan fingerprint density at radius 3 is 3.07 bits per heavy atom. The summed E-state index contributed by atoms with van der Waals surface area (Å²) < 4.78 is 0. The van der Waals surface area contributed by atoms with Gasteiger partial charge in [0.05, 0.1) is 12.2 Å². The second kappa shape index (κ2) is 4.84. The molecule has 80 valence electrons. The van der Waals surface area contributed by atoms with E-state index >= 15 is 0 Å². The standard InChI is InChI=1S/C10H14N4O/c15-10(14-8-1-2-8)6-12-5-9-3-4-11-7-13-9/h3-4,7-8,12H,1-2,5-6H2,(H,14,15). The van der Waals surface area contributed by atoms with Gasteiger partial charge in [-0.2, -0.15) is 0 Å². The lowest BCUT2D eigenvalue weighted by atomic mass is 10.4. The van der Waals surface area contributed by atoms with Crippen molar-refractivity contribution >= 4 is 5.91 Å². The van der Waals surface area contributed by atoms with E-state index in [1.54, 1.807) is 6.20 Å². The second-order valence-electron chi connectivity index (χ2n) is 3.65. The Bertz CT molecular complexity index is 323. The average molecular weight is 206 g/mol. The fraction of sp³-hybridized carbons (Fsp3) is 0.500. The summed E-state index contributed by atoms with van der Waals surface area (Å²) in [5.74, 6) is 0.0616. The smallest absolute Gasteiger partial charge is 0.234 e. The van der Waals surface area contributed by atoms with Crippen molar-refractivity contribution in [3.8, 4) is 0 Å². The van der Waals surface area contributed by atoms with Gasteiger partial charge in [0.2, 0.25) is 5.91 Å². The highest BCUT2D eigenvalue weighted by atomic mass is 16.2. The Labute approximate surface area is 88.3 Å². The third-order valence-corrected chi connectivity index (χ3v) is 2.18. The fourth-order valence-electron chi connectivity index (χ4n) is 1.23. The number of carbonyl (C=O) groups is 1. The maximum absolute atomic E-state index is 11.3.